The molecule has 0 radical (unpaired) electrons. The quantitative estimate of drug-likeness (QED) is 0.337. The lowest BCUT2D eigenvalue weighted by molar-refractivity contribution is -0.121. The average molecular weight is 422 g/mol. The molecule has 0 aliphatic carbocycles. The summed E-state index contributed by atoms with van der Waals surface area (Å²) in [7, 11) is 1.58. The summed E-state index contributed by atoms with van der Waals surface area (Å²) in [6.45, 7) is 0.578. The molecule has 162 valence electrons. The summed E-state index contributed by atoms with van der Waals surface area (Å²) in [4.78, 5) is 3.37. The number of benzene rings is 3. The maximum atomic E-state index is 10.3. The highest BCUT2D eigenvalue weighted by atomic mass is 16.5. The fourth-order valence-corrected chi connectivity index (χ4v) is 3.56. The van der Waals surface area contributed by atoms with E-state index in [2.05, 4.69) is 4.98 Å². The highest BCUT2D eigenvalue weighted by molar-refractivity contribution is 6.10. The number of nitrogens with one attached hydrogen (secondary N) is 1. The Bertz CT molecular complexity index is 1140. The molecule has 3 aromatic carbocycles. The molecule has 0 bridgehead atoms. The first-order valence-electron chi connectivity index (χ1n) is 10.2. The molecule has 31 heavy (non-hydrogen) atoms. The summed E-state index contributed by atoms with van der Waals surface area (Å²) in [5, 5.41) is 23.5. The molecule has 0 amide bonds. The third kappa shape index (κ3) is 4.91. The summed E-state index contributed by atoms with van der Waals surface area (Å²) in [6, 6.07) is 21.1. The molecule has 1 atom stereocenters. The van der Waals surface area contributed by atoms with Crippen molar-refractivity contribution in [1.29, 1.82) is 0 Å². The maximum absolute atomic E-state index is 10.3. The van der Waals surface area contributed by atoms with Crippen LogP contribution in [0.3, 0.4) is 0 Å². The minimum absolute atomic E-state index is 0.0408. The van der Waals surface area contributed by atoms with Gasteiger partial charge < -0.3 is 29.5 Å². The molecular weight excluding hydrogens is 396 g/mol. The lowest BCUT2D eigenvalue weighted by Gasteiger charge is -2.20. The second kappa shape index (κ2) is 9.70. The smallest absolute Gasteiger partial charge is 0.161 e. The number of aromatic nitrogens is 1. The molecule has 0 aliphatic heterocycles. The van der Waals surface area contributed by atoms with Crippen molar-refractivity contribution in [2.45, 2.75) is 6.10 Å². The van der Waals surface area contributed by atoms with E-state index in [1.54, 1.807) is 19.2 Å². The lowest BCUT2D eigenvalue weighted by atomic mass is 10.1. The number of H-pyrrole nitrogens is 1. The van der Waals surface area contributed by atoms with Crippen LogP contribution in [0.2, 0.25) is 0 Å². The van der Waals surface area contributed by atoms with E-state index < -0.39 is 6.10 Å². The van der Waals surface area contributed by atoms with Crippen molar-refractivity contribution in [3.05, 3.63) is 66.7 Å². The van der Waals surface area contributed by atoms with Crippen LogP contribution >= 0.6 is 0 Å². The van der Waals surface area contributed by atoms with Gasteiger partial charge in [-0.2, -0.15) is 5.06 Å². The molecule has 1 aromatic heterocycles. The number of methoxy groups -OCH3 is 1. The van der Waals surface area contributed by atoms with Crippen molar-refractivity contribution >= 4 is 21.8 Å². The second-order valence-corrected chi connectivity index (χ2v) is 7.23. The Kier molecular flexibility index (Phi) is 6.57. The molecule has 1 heterocycles. The largest absolute Gasteiger partial charge is 0.493 e. The van der Waals surface area contributed by atoms with Gasteiger partial charge in [0, 0.05) is 16.3 Å². The van der Waals surface area contributed by atoms with Crippen LogP contribution in [0, 0.1) is 0 Å². The summed E-state index contributed by atoms with van der Waals surface area (Å²) < 4.78 is 16.8. The number of para-hydroxylation sites is 3. The van der Waals surface area contributed by atoms with Crippen molar-refractivity contribution in [3.8, 4) is 17.2 Å². The van der Waals surface area contributed by atoms with Gasteiger partial charge in [0.1, 0.15) is 25.1 Å². The van der Waals surface area contributed by atoms with Crippen molar-refractivity contribution in [2.24, 2.45) is 0 Å². The number of aliphatic hydroxyl groups excluding tert-OH is 1. The predicted molar refractivity (Wildman–Crippen MR) is 119 cm³/mol. The molecule has 0 fully saturated rings. The van der Waals surface area contributed by atoms with Gasteiger partial charge in [-0.25, -0.2) is 0 Å². The monoisotopic (exact) mass is 422 g/mol. The van der Waals surface area contributed by atoms with E-state index in [4.69, 9.17) is 14.2 Å². The Morgan fingerprint density at radius 3 is 2.42 bits per heavy atom. The SMILES string of the molecule is COc1ccccc1OCCN(O)CC(O)COc1cccc2[nH]c3ccccc3c12. The molecular formula is C24H26N2O5. The van der Waals surface area contributed by atoms with Crippen LogP contribution in [0.5, 0.6) is 17.2 Å². The van der Waals surface area contributed by atoms with Crippen LogP contribution in [0.15, 0.2) is 66.7 Å². The Balaban J connectivity index is 1.30. The molecule has 1 unspecified atom stereocenters. The van der Waals surface area contributed by atoms with Crippen molar-refractivity contribution < 1.29 is 24.5 Å². The third-order valence-corrected chi connectivity index (χ3v) is 5.02. The number of fused-ring (bicyclic) bond motifs is 3. The Morgan fingerprint density at radius 2 is 1.58 bits per heavy atom. The van der Waals surface area contributed by atoms with E-state index in [1.807, 2.05) is 54.6 Å². The number of hydrogen-bond acceptors (Lipinski definition) is 6. The normalized spacial score (nSPS) is 12.4. The standard InChI is InChI=1S/C24H26N2O5/c1-29-21-10-4-5-11-22(21)30-14-13-26(28)15-17(27)16-31-23-12-6-9-20-24(23)18-7-2-3-8-19(18)25-20/h2-12,17,25,27-28H,13-16H2,1H3. The summed E-state index contributed by atoms with van der Waals surface area (Å²) in [6.07, 6.45) is -0.864. The van der Waals surface area contributed by atoms with Crippen LogP contribution in [-0.2, 0) is 0 Å². The first kappa shape index (κ1) is 21.0. The summed E-state index contributed by atoms with van der Waals surface area (Å²) >= 11 is 0. The predicted octanol–water partition coefficient (Wildman–Crippen LogP) is 3.84. The topological polar surface area (TPSA) is 87.2 Å². The average Bonchev–Trinajstić information content (AvgIpc) is 3.17. The number of rotatable bonds is 10. The van der Waals surface area contributed by atoms with Crippen LogP contribution in [0.1, 0.15) is 0 Å². The second-order valence-electron chi connectivity index (χ2n) is 7.23. The van der Waals surface area contributed by atoms with E-state index in [0.717, 1.165) is 26.9 Å². The first-order valence-corrected chi connectivity index (χ1v) is 10.2. The van der Waals surface area contributed by atoms with Crippen molar-refractivity contribution in [3.63, 3.8) is 0 Å². The van der Waals surface area contributed by atoms with Gasteiger partial charge in [-0.1, -0.05) is 36.4 Å². The molecule has 4 rings (SSSR count). The maximum Gasteiger partial charge on any atom is 0.161 e. The molecule has 3 N–H and O–H groups in total. The van der Waals surface area contributed by atoms with Crippen LogP contribution in [0.4, 0.5) is 0 Å². The molecule has 0 saturated carbocycles. The molecule has 0 spiro atoms. The van der Waals surface area contributed by atoms with Crippen LogP contribution in [-0.4, -0.2) is 59.9 Å². The zero-order valence-electron chi connectivity index (χ0n) is 17.3. The van der Waals surface area contributed by atoms with Gasteiger partial charge in [-0.15, -0.1) is 0 Å². The third-order valence-electron chi connectivity index (χ3n) is 5.02. The molecule has 0 aliphatic rings. The molecule has 7 nitrogen and oxygen atoms in total. The van der Waals surface area contributed by atoms with E-state index in [-0.39, 0.29) is 26.3 Å². The summed E-state index contributed by atoms with van der Waals surface area (Å²) in [5.74, 6) is 1.93. The van der Waals surface area contributed by atoms with Crippen molar-refractivity contribution in [1.82, 2.24) is 10.0 Å². The highest BCUT2D eigenvalue weighted by Gasteiger charge is 2.14. The number of hydrogen-bond donors (Lipinski definition) is 3. The lowest BCUT2D eigenvalue weighted by Crippen LogP contribution is -2.35. The van der Waals surface area contributed by atoms with Gasteiger partial charge in [0.2, 0.25) is 0 Å². The Labute approximate surface area is 180 Å². The Morgan fingerprint density at radius 1 is 0.871 bits per heavy atom. The van der Waals surface area contributed by atoms with Crippen molar-refractivity contribution in [2.75, 3.05) is 33.4 Å². The zero-order valence-corrected chi connectivity index (χ0v) is 17.3. The molecule has 0 saturated heterocycles. The van der Waals surface area contributed by atoms with E-state index in [0.29, 0.717) is 17.2 Å². The van der Waals surface area contributed by atoms with Gasteiger partial charge in [-0.05, 0) is 30.3 Å². The van der Waals surface area contributed by atoms with Crippen LogP contribution < -0.4 is 14.2 Å². The number of aromatic amines is 1. The van der Waals surface area contributed by atoms with E-state index >= 15 is 0 Å². The fraction of sp³-hybridized carbons (Fsp3) is 0.250. The fourth-order valence-electron chi connectivity index (χ4n) is 3.56. The van der Waals surface area contributed by atoms with E-state index in [9.17, 15) is 10.3 Å². The zero-order chi connectivity index (χ0) is 21.6. The molecule has 7 heteroatoms. The van der Waals surface area contributed by atoms with Crippen LogP contribution in [0.25, 0.3) is 21.8 Å². The number of nitrogens with zero attached hydrogens (tertiary/aromatic N) is 1. The number of aliphatic hydroxyl groups is 1. The number of hydroxylamine groups is 2. The van der Waals surface area contributed by atoms with Gasteiger partial charge in [0.05, 0.1) is 25.7 Å². The van der Waals surface area contributed by atoms with Gasteiger partial charge >= 0.3 is 0 Å². The number of ether oxygens (including phenoxy) is 3. The first-order chi connectivity index (χ1) is 15.2. The molecule has 4 aromatic rings. The van der Waals surface area contributed by atoms with Gasteiger partial charge in [0.25, 0.3) is 0 Å². The minimum atomic E-state index is -0.864. The summed E-state index contributed by atoms with van der Waals surface area (Å²) in [5.41, 5.74) is 2.01. The minimum Gasteiger partial charge on any atom is -0.493 e. The Hall–Kier alpha value is -3.26. The highest BCUT2D eigenvalue weighted by Crippen LogP contribution is 2.33. The van der Waals surface area contributed by atoms with Gasteiger partial charge in [-0.3, -0.25) is 0 Å². The van der Waals surface area contributed by atoms with E-state index in [1.165, 1.54) is 0 Å². The van der Waals surface area contributed by atoms with Gasteiger partial charge in [0.15, 0.2) is 11.5 Å².